The Morgan fingerprint density at radius 1 is 1.58 bits per heavy atom. The van der Waals surface area contributed by atoms with Crippen molar-refractivity contribution >= 4 is 5.91 Å². The molecule has 3 nitrogen and oxygen atoms in total. The van der Waals surface area contributed by atoms with Crippen LogP contribution in [0.3, 0.4) is 0 Å². The lowest BCUT2D eigenvalue weighted by Crippen LogP contribution is -2.33. The smallest absolute Gasteiger partial charge is 0.222 e. The van der Waals surface area contributed by atoms with E-state index in [0.29, 0.717) is 12.5 Å². The van der Waals surface area contributed by atoms with E-state index in [2.05, 4.69) is 6.92 Å². The molecule has 1 saturated heterocycles. The Labute approximate surface area is 73.7 Å². The van der Waals surface area contributed by atoms with Crippen LogP contribution in [-0.2, 0) is 9.53 Å². The van der Waals surface area contributed by atoms with Crippen LogP contribution >= 0.6 is 0 Å². The number of nitrogens with zero attached hydrogens (tertiary/aromatic N) is 1. The fourth-order valence-corrected chi connectivity index (χ4v) is 1.58. The van der Waals surface area contributed by atoms with Crippen LogP contribution in [0.25, 0.3) is 0 Å². The molecule has 0 radical (unpaired) electrons. The van der Waals surface area contributed by atoms with Gasteiger partial charge in [0.2, 0.25) is 5.91 Å². The van der Waals surface area contributed by atoms with Crippen LogP contribution in [-0.4, -0.2) is 37.1 Å². The molecule has 3 heteroatoms. The van der Waals surface area contributed by atoms with Crippen molar-refractivity contribution < 1.29 is 9.53 Å². The number of amides is 1. The maximum absolute atomic E-state index is 11.4. The van der Waals surface area contributed by atoms with E-state index in [1.54, 1.807) is 7.11 Å². The number of likely N-dealkylation sites (tertiary alicyclic amines) is 1. The van der Waals surface area contributed by atoms with Crippen molar-refractivity contribution in [3.05, 3.63) is 0 Å². The first-order valence-electron chi connectivity index (χ1n) is 4.43. The van der Waals surface area contributed by atoms with Crippen LogP contribution in [0.1, 0.15) is 26.2 Å². The van der Waals surface area contributed by atoms with Crippen molar-refractivity contribution in [3.8, 4) is 0 Å². The zero-order valence-electron chi connectivity index (χ0n) is 8.04. The Morgan fingerprint density at radius 2 is 2.25 bits per heavy atom. The summed E-state index contributed by atoms with van der Waals surface area (Å²) < 4.78 is 5.26. The quantitative estimate of drug-likeness (QED) is 0.589. The summed E-state index contributed by atoms with van der Waals surface area (Å²) in [5.41, 5.74) is 0. The van der Waals surface area contributed by atoms with Gasteiger partial charge in [0, 0.05) is 26.6 Å². The Balaban J connectivity index is 2.59. The summed E-state index contributed by atoms with van der Waals surface area (Å²) in [7, 11) is 3.58. The molecule has 12 heavy (non-hydrogen) atoms. The molecule has 1 aliphatic heterocycles. The van der Waals surface area contributed by atoms with E-state index >= 15 is 0 Å². The Bertz CT molecular complexity index is 170. The molecule has 0 spiro atoms. The van der Waals surface area contributed by atoms with E-state index in [4.69, 9.17) is 4.74 Å². The normalized spacial score (nSPS) is 31.9. The summed E-state index contributed by atoms with van der Waals surface area (Å²) in [6.45, 7) is 2.06. The lowest BCUT2D eigenvalue weighted by Gasteiger charge is -2.23. The average Bonchev–Trinajstić information content (AvgIpc) is 2.19. The van der Waals surface area contributed by atoms with Crippen molar-refractivity contribution in [3.63, 3.8) is 0 Å². The van der Waals surface area contributed by atoms with Gasteiger partial charge in [-0.05, 0) is 19.8 Å². The molecule has 0 aromatic heterocycles. The van der Waals surface area contributed by atoms with Crippen LogP contribution in [0.15, 0.2) is 0 Å². The molecule has 0 aromatic carbocycles. The first-order chi connectivity index (χ1) is 5.65. The average molecular weight is 171 g/mol. The molecule has 70 valence electrons. The molecular weight excluding hydrogens is 154 g/mol. The second kappa shape index (κ2) is 3.90. The van der Waals surface area contributed by atoms with Crippen molar-refractivity contribution in [1.82, 2.24) is 4.90 Å². The summed E-state index contributed by atoms with van der Waals surface area (Å²) in [6.07, 6.45) is 2.70. The lowest BCUT2D eigenvalue weighted by atomic mass is 10.1. The molecule has 2 atom stereocenters. The van der Waals surface area contributed by atoms with Crippen molar-refractivity contribution in [1.29, 1.82) is 0 Å². The Hall–Kier alpha value is -0.570. The summed E-state index contributed by atoms with van der Waals surface area (Å²) >= 11 is 0. The highest BCUT2D eigenvalue weighted by Crippen LogP contribution is 2.18. The van der Waals surface area contributed by atoms with Gasteiger partial charge in [0.1, 0.15) is 0 Å². The first kappa shape index (κ1) is 9.52. The molecule has 0 aromatic rings. The third-order valence-corrected chi connectivity index (χ3v) is 2.67. The van der Waals surface area contributed by atoms with Gasteiger partial charge in [0.05, 0.1) is 6.10 Å². The van der Waals surface area contributed by atoms with E-state index in [1.807, 2.05) is 11.9 Å². The van der Waals surface area contributed by atoms with Gasteiger partial charge in [-0.2, -0.15) is 0 Å². The second-order valence-electron chi connectivity index (χ2n) is 3.49. The second-order valence-corrected chi connectivity index (χ2v) is 3.49. The van der Waals surface area contributed by atoms with Crippen molar-refractivity contribution in [2.45, 2.75) is 38.3 Å². The highest BCUT2D eigenvalue weighted by molar-refractivity contribution is 5.76. The number of rotatable bonds is 1. The van der Waals surface area contributed by atoms with Crippen LogP contribution in [0, 0.1) is 0 Å². The molecule has 1 rings (SSSR count). The summed E-state index contributed by atoms with van der Waals surface area (Å²) in [5, 5.41) is 0. The number of hydrogen-bond acceptors (Lipinski definition) is 2. The molecule has 0 bridgehead atoms. The van der Waals surface area contributed by atoms with E-state index in [1.165, 1.54) is 0 Å². The molecule has 1 amide bonds. The van der Waals surface area contributed by atoms with E-state index in [-0.39, 0.29) is 12.0 Å². The maximum Gasteiger partial charge on any atom is 0.222 e. The number of carbonyl (C=O) groups excluding carboxylic acids is 1. The molecule has 2 unspecified atom stereocenters. The maximum atomic E-state index is 11.4. The third kappa shape index (κ3) is 1.97. The third-order valence-electron chi connectivity index (χ3n) is 2.67. The minimum absolute atomic E-state index is 0.238. The van der Waals surface area contributed by atoms with E-state index in [0.717, 1.165) is 12.8 Å². The minimum Gasteiger partial charge on any atom is -0.381 e. The number of ether oxygens (including phenoxy) is 1. The molecule has 1 aliphatic rings. The van der Waals surface area contributed by atoms with Crippen molar-refractivity contribution in [2.24, 2.45) is 0 Å². The topological polar surface area (TPSA) is 29.5 Å². The largest absolute Gasteiger partial charge is 0.381 e. The van der Waals surface area contributed by atoms with Gasteiger partial charge < -0.3 is 9.64 Å². The van der Waals surface area contributed by atoms with E-state index < -0.39 is 0 Å². The van der Waals surface area contributed by atoms with Crippen LogP contribution < -0.4 is 0 Å². The van der Waals surface area contributed by atoms with E-state index in [9.17, 15) is 4.79 Å². The first-order valence-corrected chi connectivity index (χ1v) is 4.43. The molecule has 1 fully saturated rings. The summed E-state index contributed by atoms with van der Waals surface area (Å²) in [6, 6.07) is 0.310. The molecule has 0 saturated carbocycles. The zero-order chi connectivity index (χ0) is 9.14. The SMILES string of the molecule is COC1CCC(=O)N(C)C(C)C1. The Kier molecular flexibility index (Phi) is 3.09. The van der Waals surface area contributed by atoms with Crippen LogP contribution in [0.4, 0.5) is 0 Å². The number of hydrogen-bond donors (Lipinski definition) is 0. The zero-order valence-corrected chi connectivity index (χ0v) is 8.04. The molecular formula is C9H17NO2. The van der Waals surface area contributed by atoms with Crippen molar-refractivity contribution in [2.75, 3.05) is 14.2 Å². The predicted octanol–water partition coefficient (Wildman–Crippen LogP) is 1.03. The summed E-state index contributed by atoms with van der Waals surface area (Å²) in [5.74, 6) is 0.238. The fraction of sp³-hybridized carbons (Fsp3) is 0.889. The number of carbonyl (C=O) groups is 1. The fourth-order valence-electron chi connectivity index (χ4n) is 1.58. The summed E-state index contributed by atoms with van der Waals surface area (Å²) in [4.78, 5) is 13.2. The Morgan fingerprint density at radius 3 is 2.83 bits per heavy atom. The van der Waals surface area contributed by atoms with Gasteiger partial charge >= 0.3 is 0 Å². The highest BCUT2D eigenvalue weighted by atomic mass is 16.5. The van der Waals surface area contributed by atoms with Gasteiger partial charge in [-0.25, -0.2) is 0 Å². The molecule has 0 aliphatic carbocycles. The lowest BCUT2D eigenvalue weighted by molar-refractivity contribution is -0.130. The minimum atomic E-state index is 0.238. The van der Waals surface area contributed by atoms with Gasteiger partial charge in [-0.3, -0.25) is 4.79 Å². The monoisotopic (exact) mass is 171 g/mol. The van der Waals surface area contributed by atoms with Gasteiger partial charge in [0.15, 0.2) is 0 Å². The molecule has 0 N–H and O–H groups in total. The van der Waals surface area contributed by atoms with Gasteiger partial charge in [-0.15, -0.1) is 0 Å². The van der Waals surface area contributed by atoms with Gasteiger partial charge in [0.25, 0.3) is 0 Å². The van der Waals surface area contributed by atoms with Gasteiger partial charge in [-0.1, -0.05) is 0 Å². The van der Waals surface area contributed by atoms with Crippen LogP contribution in [0.5, 0.6) is 0 Å². The standard InChI is InChI=1S/C9H17NO2/c1-7-6-8(12-3)4-5-9(11)10(7)2/h7-8H,4-6H2,1-3H3. The molecule has 1 heterocycles. The predicted molar refractivity (Wildman–Crippen MR) is 46.9 cm³/mol. The highest BCUT2D eigenvalue weighted by Gasteiger charge is 2.24. The van der Waals surface area contributed by atoms with Crippen LogP contribution in [0.2, 0.25) is 0 Å². The number of methoxy groups -OCH3 is 1.